The minimum Gasteiger partial charge on any atom is -0.469 e. The van der Waals surface area contributed by atoms with E-state index in [4.69, 9.17) is 10.2 Å². The summed E-state index contributed by atoms with van der Waals surface area (Å²) in [5, 5.41) is 0. The largest absolute Gasteiger partial charge is 0.469 e. The summed E-state index contributed by atoms with van der Waals surface area (Å²) >= 11 is 0. The summed E-state index contributed by atoms with van der Waals surface area (Å²) in [5.74, 6) is 0.753. The highest BCUT2D eigenvalue weighted by atomic mass is 16.3. The van der Waals surface area contributed by atoms with Gasteiger partial charge in [0.15, 0.2) is 0 Å². The molecule has 17 heavy (non-hydrogen) atoms. The predicted octanol–water partition coefficient (Wildman–Crippen LogP) is 1.93. The zero-order valence-corrected chi connectivity index (χ0v) is 10.3. The number of hydrogen-bond acceptors (Lipinski definition) is 3. The molecule has 1 saturated heterocycles. The number of hydrogen-bond donors (Lipinski definition) is 1. The lowest BCUT2D eigenvalue weighted by Crippen LogP contribution is -2.44. The van der Waals surface area contributed by atoms with Gasteiger partial charge in [-0.2, -0.15) is 0 Å². The van der Waals surface area contributed by atoms with Crippen molar-refractivity contribution >= 4 is 5.91 Å². The molecule has 1 atom stereocenters. The standard InChI is InChI=1S/C13H20N2O2/c1-10-12(6-8-17-10)13(16)15-7-4-2-3-5-11(15)9-14/h6,8,11H,2-5,7,9,14H2,1H3. The fourth-order valence-corrected chi connectivity index (χ4v) is 2.45. The second-order valence-corrected chi connectivity index (χ2v) is 4.63. The molecule has 1 aliphatic heterocycles. The van der Waals surface area contributed by atoms with Crippen LogP contribution >= 0.6 is 0 Å². The van der Waals surface area contributed by atoms with Gasteiger partial charge in [0.25, 0.3) is 5.91 Å². The van der Waals surface area contributed by atoms with Crippen LogP contribution in [0.5, 0.6) is 0 Å². The van der Waals surface area contributed by atoms with Crippen LogP contribution in [0.1, 0.15) is 41.8 Å². The van der Waals surface area contributed by atoms with Gasteiger partial charge < -0.3 is 15.1 Å². The summed E-state index contributed by atoms with van der Waals surface area (Å²) in [7, 11) is 0. The Balaban J connectivity index is 2.18. The molecule has 4 heteroatoms. The molecule has 1 aromatic heterocycles. The van der Waals surface area contributed by atoms with E-state index >= 15 is 0 Å². The van der Waals surface area contributed by atoms with Crippen molar-refractivity contribution in [1.82, 2.24) is 4.90 Å². The molecule has 0 radical (unpaired) electrons. The highest BCUT2D eigenvalue weighted by Crippen LogP contribution is 2.20. The van der Waals surface area contributed by atoms with Crippen LogP contribution in [-0.4, -0.2) is 29.9 Å². The molecule has 2 rings (SSSR count). The van der Waals surface area contributed by atoms with Crippen LogP contribution in [0.4, 0.5) is 0 Å². The Morgan fingerprint density at radius 2 is 2.35 bits per heavy atom. The smallest absolute Gasteiger partial charge is 0.257 e. The van der Waals surface area contributed by atoms with Crippen LogP contribution in [0.15, 0.2) is 16.7 Å². The molecule has 1 unspecified atom stereocenters. The van der Waals surface area contributed by atoms with Crippen molar-refractivity contribution in [3.8, 4) is 0 Å². The van der Waals surface area contributed by atoms with Gasteiger partial charge in [-0.05, 0) is 25.8 Å². The second kappa shape index (κ2) is 5.36. The molecular weight excluding hydrogens is 216 g/mol. The van der Waals surface area contributed by atoms with Crippen molar-refractivity contribution < 1.29 is 9.21 Å². The zero-order chi connectivity index (χ0) is 12.3. The van der Waals surface area contributed by atoms with E-state index in [1.165, 1.54) is 6.42 Å². The Labute approximate surface area is 102 Å². The van der Waals surface area contributed by atoms with Gasteiger partial charge in [0.05, 0.1) is 11.8 Å². The van der Waals surface area contributed by atoms with Gasteiger partial charge in [0.1, 0.15) is 5.76 Å². The van der Waals surface area contributed by atoms with Gasteiger partial charge in [-0.15, -0.1) is 0 Å². The van der Waals surface area contributed by atoms with Gasteiger partial charge in [-0.1, -0.05) is 12.8 Å². The van der Waals surface area contributed by atoms with Crippen LogP contribution in [-0.2, 0) is 0 Å². The van der Waals surface area contributed by atoms with E-state index < -0.39 is 0 Å². The van der Waals surface area contributed by atoms with E-state index in [1.54, 1.807) is 12.3 Å². The Kier molecular flexibility index (Phi) is 3.84. The van der Waals surface area contributed by atoms with E-state index in [9.17, 15) is 4.79 Å². The molecule has 0 aromatic carbocycles. The van der Waals surface area contributed by atoms with Gasteiger partial charge in [0.2, 0.25) is 0 Å². The Bertz CT molecular complexity index is 387. The topological polar surface area (TPSA) is 59.5 Å². The molecule has 0 saturated carbocycles. The van der Waals surface area contributed by atoms with Crippen LogP contribution in [0.25, 0.3) is 0 Å². The van der Waals surface area contributed by atoms with Gasteiger partial charge in [-0.3, -0.25) is 4.79 Å². The normalized spacial score (nSPS) is 21.3. The first-order chi connectivity index (χ1) is 8.24. The van der Waals surface area contributed by atoms with Crippen molar-refractivity contribution in [1.29, 1.82) is 0 Å². The van der Waals surface area contributed by atoms with E-state index in [1.807, 2.05) is 11.8 Å². The molecule has 1 aromatic rings. The molecule has 1 aliphatic rings. The third-order valence-electron chi connectivity index (χ3n) is 3.50. The molecule has 0 bridgehead atoms. The third kappa shape index (κ3) is 2.52. The highest BCUT2D eigenvalue weighted by Gasteiger charge is 2.26. The fourth-order valence-electron chi connectivity index (χ4n) is 2.45. The lowest BCUT2D eigenvalue weighted by Gasteiger charge is -2.28. The highest BCUT2D eigenvalue weighted by molar-refractivity contribution is 5.95. The number of furan rings is 1. The average molecular weight is 236 g/mol. The van der Waals surface area contributed by atoms with Gasteiger partial charge in [0, 0.05) is 19.1 Å². The number of carbonyl (C=O) groups excluding carboxylic acids is 1. The van der Waals surface area contributed by atoms with Crippen LogP contribution in [0, 0.1) is 6.92 Å². The first-order valence-electron chi connectivity index (χ1n) is 6.29. The van der Waals surface area contributed by atoms with E-state index in [-0.39, 0.29) is 11.9 Å². The Morgan fingerprint density at radius 1 is 1.53 bits per heavy atom. The fraction of sp³-hybridized carbons (Fsp3) is 0.615. The van der Waals surface area contributed by atoms with E-state index in [0.717, 1.165) is 25.8 Å². The minimum absolute atomic E-state index is 0.0635. The van der Waals surface area contributed by atoms with Crippen molar-refractivity contribution in [2.45, 2.75) is 38.6 Å². The molecular formula is C13H20N2O2. The number of nitrogens with zero attached hydrogens (tertiary/aromatic N) is 1. The molecule has 4 nitrogen and oxygen atoms in total. The molecule has 2 heterocycles. The number of carbonyl (C=O) groups is 1. The first-order valence-corrected chi connectivity index (χ1v) is 6.29. The number of rotatable bonds is 2. The zero-order valence-electron chi connectivity index (χ0n) is 10.3. The number of aryl methyl sites for hydroxylation is 1. The van der Waals surface area contributed by atoms with Gasteiger partial charge in [-0.25, -0.2) is 0 Å². The monoisotopic (exact) mass is 236 g/mol. The summed E-state index contributed by atoms with van der Waals surface area (Å²) in [5.41, 5.74) is 6.45. The molecule has 94 valence electrons. The average Bonchev–Trinajstić information content (AvgIpc) is 2.64. The summed E-state index contributed by atoms with van der Waals surface area (Å²) in [6.45, 7) is 3.18. The maximum Gasteiger partial charge on any atom is 0.257 e. The Hall–Kier alpha value is -1.29. The van der Waals surface area contributed by atoms with Crippen molar-refractivity contribution in [3.63, 3.8) is 0 Å². The van der Waals surface area contributed by atoms with Crippen LogP contribution in [0.3, 0.4) is 0 Å². The minimum atomic E-state index is 0.0635. The van der Waals surface area contributed by atoms with Gasteiger partial charge >= 0.3 is 0 Å². The van der Waals surface area contributed by atoms with E-state index in [0.29, 0.717) is 17.9 Å². The summed E-state index contributed by atoms with van der Waals surface area (Å²) in [6.07, 6.45) is 6.00. The number of amides is 1. The van der Waals surface area contributed by atoms with Crippen molar-refractivity contribution in [2.24, 2.45) is 5.73 Å². The predicted molar refractivity (Wildman–Crippen MR) is 65.8 cm³/mol. The van der Waals surface area contributed by atoms with Crippen molar-refractivity contribution in [3.05, 3.63) is 23.7 Å². The Morgan fingerprint density at radius 3 is 3.00 bits per heavy atom. The SMILES string of the molecule is Cc1occc1C(=O)N1CCCCCC1CN. The van der Waals surface area contributed by atoms with Crippen LogP contribution in [0.2, 0.25) is 0 Å². The summed E-state index contributed by atoms with van der Waals surface area (Å²) in [4.78, 5) is 14.3. The second-order valence-electron chi connectivity index (χ2n) is 4.63. The maximum atomic E-state index is 12.4. The number of likely N-dealkylation sites (tertiary alicyclic amines) is 1. The lowest BCUT2D eigenvalue weighted by molar-refractivity contribution is 0.0687. The molecule has 0 aliphatic carbocycles. The maximum absolute atomic E-state index is 12.4. The van der Waals surface area contributed by atoms with E-state index in [2.05, 4.69) is 0 Å². The summed E-state index contributed by atoms with van der Waals surface area (Å²) < 4.78 is 5.20. The first kappa shape index (κ1) is 12.2. The molecule has 0 spiro atoms. The quantitative estimate of drug-likeness (QED) is 0.853. The third-order valence-corrected chi connectivity index (χ3v) is 3.50. The van der Waals surface area contributed by atoms with Crippen molar-refractivity contribution in [2.75, 3.05) is 13.1 Å². The summed E-state index contributed by atoms with van der Waals surface area (Å²) in [6, 6.07) is 1.93. The molecule has 1 amide bonds. The van der Waals surface area contributed by atoms with Crippen LogP contribution < -0.4 is 5.73 Å². The number of nitrogens with two attached hydrogens (primary N) is 1. The lowest BCUT2D eigenvalue weighted by atomic mass is 10.1. The molecule has 2 N–H and O–H groups in total. The molecule has 1 fully saturated rings.